The second-order valence-corrected chi connectivity index (χ2v) is 7.52. The Kier molecular flexibility index (Phi) is 6.88. The first-order chi connectivity index (χ1) is 8.94. The number of alkyl halides is 1. The SMILES string of the molecule is NCCCCCCNC(=O)N[C@@H]1CS(=O)(=O)C[C@H]1Cl. The summed E-state index contributed by atoms with van der Waals surface area (Å²) in [5, 5.41) is 4.76. The fourth-order valence-corrected chi connectivity index (χ4v) is 4.53. The minimum absolute atomic E-state index is 0.0708. The van der Waals surface area contributed by atoms with Crippen molar-refractivity contribution in [2.45, 2.75) is 37.1 Å². The van der Waals surface area contributed by atoms with E-state index in [1.54, 1.807) is 0 Å². The second kappa shape index (κ2) is 7.91. The van der Waals surface area contributed by atoms with Gasteiger partial charge in [-0.2, -0.15) is 0 Å². The Hall–Kier alpha value is -0.530. The van der Waals surface area contributed by atoms with Crippen molar-refractivity contribution in [3.8, 4) is 0 Å². The normalized spacial score (nSPS) is 25.2. The molecule has 0 spiro atoms. The lowest BCUT2D eigenvalue weighted by Gasteiger charge is -2.14. The van der Waals surface area contributed by atoms with Crippen LogP contribution in [0.15, 0.2) is 0 Å². The van der Waals surface area contributed by atoms with Gasteiger partial charge < -0.3 is 16.4 Å². The van der Waals surface area contributed by atoms with Gasteiger partial charge in [0.25, 0.3) is 0 Å². The molecule has 0 aromatic heterocycles. The molecular weight excluding hydrogens is 290 g/mol. The van der Waals surface area contributed by atoms with Gasteiger partial charge in [0.1, 0.15) is 0 Å². The number of sulfone groups is 1. The monoisotopic (exact) mass is 311 g/mol. The molecule has 19 heavy (non-hydrogen) atoms. The first-order valence-corrected chi connectivity index (χ1v) is 8.79. The molecule has 112 valence electrons. The number of halogens is 1. The summed E-state index contributed by atoms with van der Waals surface area (Å²) in [5.74, 6) is -0.149. The van der Waals surface area contributed by atoms with Crippen LogP contribution in [0.5, 0.6) is 0 Å². The Morgan fingerprint density at radius 3 is 2.47 bits per heavy atom. The van der Waals surface area contributed by atoms with Gasteiger partial charge in [-0.05, 0) is 19.4 Å². The summed E-state index contributed by atoms with van der Waals surface area (Å²) in [7, 11) is -3.11. The van der Waals surface area contributed by atoms with E-state index in [4.69, 9.17) is 17.3 Å². The lowest BCUT2D eigenvalue weighted by molar-refractivity contribution is 0.238. The molecule has 0 unspecified atom stereocenters. The predicted octanol–water partition coefficient (Wildman–Crippen LogP) is 0.209. The third-order valence-corrected chi connectivity index (χ3v) is 5.39. The van der Waals surface area contributed by atoms with Crippen LogP contribution in [0.1, 0.15) is 25.7 Å². The maximum atomic E-state index is 11.5. The zero-order chi connectivity index (χ0) is 14.3. The molecule has 0 bridgehead atoms. The van der Waals surface area contributed by atoms with Gasteiger partial charge in [-0.3, -0.25) is 0 Å². The Morgan fingerprint density at radius 2 is 1.89 bits per heavy atom. The van der Waals surface area contributed by atoms with Crippen molar-refractivity contribution in [1.29, 1.82) is 0 Å². The van der Waals surface area contributed by atoms with Gasteiger partial charge in [-0.15, -0.1) is 11.6 Å². The zero-order valence-electron chi connectivity index (χ0n) is 10.9. The Balaban J connectivity index is 2.14. The fourth-order valence-electron chi connectivity index (χ4n) is 1.98. The quantitative estimate of drug-likeness (QED) is 0.462. The van der Waals surface area contributed by atoms with Crippen molar-refractivity contribution < 1.29 is 13.2 Å². The highest BCUT2D eigenvalue weighted by molar-refractivity contribution is 7.91. The van der Waals surface area contributed by atoms with Crippen LogP contribution in [0.3, 0.4) is 0 Å². The van der Waals surface area contributed by atoms with Crippen molar-refractivity contribution >= 4 is 27.5 Å². The molecule has 8 heteroatoms. The van der Waals surface area contributed by atoms with E-state index in [0.717, 1.165) is 25.7 Å². The van der Waals surface area contributed by atoms with Crippen molar-refractivity contribution in [2.75, 3.05) is 24.6 Å². The Bertz CT molecular complexity index is 389. The molecule has 4 N–H and O–H groups in total. The number of urea groups is 1. The summed E-state index contributed by atoms with van der Waals surface area (Å²) in [5.41, 5.74) is 5.38. The molecule has 6 nitrogen and oxygen atoms in total. The lowest BCUT2D eigenvalue weighted by atomic mass is 10.2. The highest BCUT2D eigenvalue weighted by atomic mass is 35.5. The number of hydrogen-bond donors (Lipinski definition) is 3. The molecule has 1 saturated heterocycles. The maximum Gasteiger partial charge on any atom is 0.315 e. The Morgan fingerprint density at radius 1 is 1.21 bits per heavy atom. The van der Waals surface area contributed by atoms with E-state index < -0.39 is 21.3 Å². The predicted molar refractivity (Wildman–Crippen MR) is 76.1 cm³/mol. The fraction of sp³-hybridized carbons (Fsp3) is 0.909. The van der Waals surface area contributed by atoms with Crippen LogP contribution in [0, 0.1) is 0 Å². The average molecular weight is 312 g/mol. The van der Waals surface area contributed by atoms with E-state index in [2.05, 4.69) is 10.6 Å². The number of rotatable bonds is 7. The summed E-state index contributed by atoms with van der Waals surface area (Å²) >= 11 is 5.89. The Labute approximate surface area is 119 Å². The first-order valence-electron chi connectivity index (χ1n) is 6.53. The molecule has 1 rings (SSSR count). The van der Waals surface area contributed by atoms with Gasteiger partial charge in [0.15, 0.2) is 9.84 Å². The number of nitrogens with two attached hydrogens (primary N) is 1. The van der Waals surface area contributed by atoms with E-state index in [-0.39, 0.29) is 17.5 Å². The van der Waals surface area contributed by atoms with Crippen molar-refractivity contribution in [3.05, 3.63) is 0 Å². The molecule has 0 aromatic carbocycles. The highest BCUT2D eigenvalue weighted by Gasteiger charge is 2.37. The van der Waals surface area contributed by atoms with Crippen LogP contribution >= 0.6 is 11.6 Å². The first kappa shape index (κ1) is 16.5. The van der Waals surface area contributed by atoms with Crippen LogP contribution < -0.4 is 16.4 Å². The van der Waals surface area contributed by atoms with Gasteiger partial charge in [-0.1, -0.05) is 12.8 Å². The molecule has 2 atom stereocenters. The minimum Gasteiger partial charge on any atom is -0.338 e. The molecule has 0 aliphatic carbocycles. The number of nitrogens with one attached hydrogen (secondary N) is 2. The standard InChI is InChI=1S/C11H22ClN3O3S/c12-9-7-19(17,18)8-10(9)15-11(16)14-6-4-2-1-3-5-13/h9-10H,1-8,13H2,(H2,14,15,16)/t9-,10-/m1/s1. The van der Waals surface area contributed by atoms with Gasteiger partial charge in [0.05, 0.1) is 22.9 Å². The third-order valence-electron chi connectivity index (χ3n) is 3.02. The molecule has 0 saturated carbocycles. The van der Waals surface area contributed by atoms with Crippen LogP contribution in [-0.4, -0.2) is 50.5 Å². The van der Waals surface area contributed by atoms with Gasteiger partial charge >= 0.3 is 6.03 Å². The molecule has 1 heterocycles. The van der Waals surface area contributed by atoms with E-state index >= 15 is 0 Å². The maximum absolute atomic E-state index is 11.5. The summed E-state index contributed by atoms with van der Waals surface area (Å²) < 4.78 is 22.7. The van der Waals surface area contributed by atoms with Crippen LogP contribution in [-0.2, 0) is 9.84 Å². The zero-order valence-corrected chi connectivity index (χ0v) is 12.5. The lowest BCUT2D eigenvalue weighted by Crippen LogP contribution is -2.46. The molecule has 0 aromatic rings. The highest BCUT2D eigenvalue weighted by Crippen LogP contribution is 2.17. The molecule has 2 amide bonds. The van der Waals surface area contributed by atoms with Crippen molar-refractivity contribution in [3.63, 3.8) is 0 Å². The summed E-state index contributed by atoms with van der Waals surface area (Å²) in [6, 6.07) is -0.851. The molecule has 1 aliphatic heterocycles. The van der Waals surface area contributed by atoms with Gasteiger partial charge in [0, 0.05) is 6.54 Å². The smallest absolute Gasteiger partial charge is 0.315 e. The van der Waals surface area contributed by atoms with Crippen LogP contribution in [0.25, 0.3) is 0 Å². The van der Waals surface area contributed by atoms with Crippen molar-refractivity contribution in [2.24, 2.45) is 5.73 Å². The van der Waals surface area contributed by atoms with E-state index in [0.29, 0.717) is 13.1 Å². The molecule has 0 radical (unpaired) electrons. The summed E-state index contributed by atoms with van der Waals surface area (Å²) in [4.78, 5) is 11.5. The number of hydrogen-bond acceptors (Lipinski definition) is 4. The topological polar surface area (TPSA) is 101 Å². The number of unbranched alkanes of at least 4 members (excludes halogenated alkanes) is 3. The van der Waals surface area contributed by atoms with Crippen LogP contribution in [0.2, 0.25) is 0 Å². The molecule has 1 fully saturated rings. The molecular formula is C11H22ClN3O3S. The second-order valence-electron chi connectivity index (χ2n) is 4.80. The largest absolute Gasteiger partial charge is 0.338 e. The van der Waals surface area contributed by atoms with E-state index in [1.807, 2.05) is 0 Å². The van der Waals surface area contributed by atoms with Gasteiger partial charge in [-0.25, -0.2) is 13.2 Å². The van der Waals surface area contributed by atoms with Gasteiger partial charge in [0.2, 0.25) is 0 Å². The average Bonchev–Trinajstić information content (AvgIpc) is 2.56. The van der Waals surface area contributed by atoms with E-state index in [9.17, 15) is 13.2 Å². The molecule has 1 aliphatic rings. The van der Waals surface area contributed by atoms with Crippen LogP contribution in [0.4, 0.5) is 4.79 Å². The number of amides is 2. The van der Waals surface area contributed by atoms with E-state index in [1.165, 1.54) is 0 Å². The summed E-state index contributed by atoms with van der Waals surface area (Å²) in [6.45, 7) is 1.27. The number of carbonyl (C=O) groups excluding carboxylic acids is 1. The summed E-state index contributed by atoms with van der Waals surface area (Å²) in [6.07, 6.45) is 3.97. The number of carbonyl (C=O) groups is 1. The minimum atomic E-state index is -3.11. The van der Waals surface area contributed by atoms with Crippen molar-refractivity contribution in [1.82, 2.24) is 10.6 Å². The third kappa shape index (κ3) is 6.44.